The number of aryl methyl sites for hydroxylation is 1. The van der Waals surface area contributed by atoms with Gasteiger partial charge in [0.2, 0.25) is 5.91 Å². The minimum absolute atomic E-state index is 0.0366. The lowest BCUT2D eigenvalue weighted by atomic mass is 10.2. The molecular weight excluding hydrogens is 458 g/mol. The Morgan fingerprint density at radius 1 is 1.06 bits per heavy atom. The van der Waals surface area contributed by atoms with Gasteiger partial charge in [-0.25, -0.2) is 18.3 Å². The zero-order chi connectivity index (χ0) is 24.1. The number of esters is 1. The van der Waals surface area contributed by atoms with Gasteiger partial charge in [-0.05, 0) is 55.5 Å². The minimum Gasteiger partial charge on any atom is -0.452 e. The lowest BCUT2D eigenvalue weighted by molar-refractivity contribution is -0.136. The van der Waals surface area contributed by atoms with Crippen molar-refractivity contribution in [2.24, 2.45) is 0 Å². The van der Waals surface area contributed by atoms with E-state index < -0.39 is 36.0 Å². The molecule has 0 bridgehead atoms. The molecule has 3 rings (SSSR count). The summed E-state index contributed by atoms with van der Waals surface area (Å²) in [5.41, 5.74) is 1.03. The van der Waals surface area contributed by atoms with Gasteiger partial charge < -0.3 is 15.0 Å². The maximum absolute atomic E-state index is 13.1. The molecule has 0 spiro atoms. The predicted octanol–water partition coefficient (Wildman–Crippen LogP) is 3.37. The van der Waals surface area contributed by atoms with Crippen molar-refractivity contribution in [2.45, 2.75) is 6.92 Å². The van der Waals surface area contributed by atoms with Crippen molar-refractivity contribution < 1.29 is 27.9 Å². The van der Waals surface area contributed by atoms with Crippen molar-refractivity contribution in [1.29, 1.82) is 0 Å². The monoisotopic (exact) mass is 476 g/mol. The Morgan fingerprint density at radius 2 is 1.64 bits per heavy atom. The predicted molar refractivity (Wildman–Crippen MR) is 116 cm³/mol. The summed E-state index contributed by atoms with van der Waals surface area (Å²) in [5.74, 6) is -2.89. The number of rotatable bonds is 7. The van der Waals surface area contributed by atoms with Gasteiger partial charge in [-0.15, -0.1) is 0 Å². The number of hydrogen-bond acceptors (Lipinski definition) is 5. The van der Waals surface area contributed by atoms with Crippen LogP contribution in [0.25, 0.3) is 5.69 Å². The van der Waals surface area contributed by atoms with Crippen molar-refractivity contribution >= 4 is 35.1 Å². The van der Waals surface area contributed by atoms with Gasteiger partial charge in [0.25, 0.3) is 5.91 Å². The molecule has 0 saturated carbocycles. The van der Waals surface area contributed by atoms with E-state index in [4.69, 9.17) is 16.3 Å². The van der Waals surface area contributed by atoms with Crippen LogP contribution in [0.1, 0.15) is 16.1 Å². The van der Waals surface area contributed by atoms with Gasteiger partial charge in [-0.2, -0.15) is 5.10 Å². The first kappa shape index (κ1) is 23.9. The van der Waals surface area contributed by atoms with Gasteiger partial charge in [0.1, 0.15) is 22.4 Å². The number of anilines is 1. The third kappa shape index (κ3) is 5.92. The molecule has 172 valence electrons. The summed E-state index contributed by atoms with van der Waals surface area (Å²) in [6, 6.07) is 10.5. The van der Waals surface area contributed by atoms with E-state index in [1.54, 1.807) is 0 Å². The summed E-state index contributed by atoms with van der Waals surface area (Å²) in [6.45, 7) is 0.600. The molecule has 11 heteroatoms. The second-order valence-corrected chi connectivity index (χ2v) is 7.38. The fraction of sp³-hybridized carbons (Fsp3) is 0.182. The quantitative estimate of drug-likeness (QED) is 0.528. The number of carbonyl (C=O) groups is 3. The van der Waals surface area contributed by atoms with Crippen molar-refractivity contribution in [3.63, 3.8) is 0 Å². The number of nitrogens with zero attached hydrogens (tertiary/aromatic N) is 3. The molecule has 0 saturated heterocycles. The Labute approximate surface area is 192 Å². The summed E-state index contributed by atoms with van der Waals surface area (Å²) >= 11 is 6.27. The third-order valence-electron chi connectivity index (χ3n) is 4.54. The van der Waals surface area contributed by atoms with E-state index in [-0.39, 0.29) is 23.0 Å². The molecule has 8 nitrogen and oxygen atoms in total. The van der Waals surface area contributed by atoms with Gasteiger partial charge >= 0.3 is 5.97 Å². The van der Waals surface area contributed by atoms with Crippen LogP contribution in [0.3, 0.4) is 0 Å². The van der Waals surface area contributed by atoms with Crippen LogP contribution >= 0.6 is 11.6 Å². The number of ether oxygens (including phenoxy) is 1. The number of hydrogen-bond donors (Lipinski definition) is 1. The molecule has 1 aromatic heterocycles. The van der Waals surface area contributed by atoms with Crippen molar-refractivity contribution in [3.05, 3.63) is 76.6 Å². The summed E-state index contributed by atoms with van der Waals surface area (Å²) in [6.07, 6.45) is 0. The van der Waals surface area contributed by atoms with E-state index in [9.17, 15) is 23.2 Å². The first-order valence-electron chi connectivity index (χ1n) is 9.63. The Bertz CT molecular complexity index is 1180. The second-order valence-electron chi connectivity index (χ2n) is 7.02. The zero-order valence-electron chi connectivity index (χ0n) is 17.6. The van der Waals surface area contributed by atoms with E-state index in [0.717, 1.165) is 4.90 Å². The zero-order valence-corrected chi connectivity index (χ0v) is 18.4. The van der Waals surface area contributed by atoms with Gasteiger partial charge in [0, 0.05) is 12.7 Å². The molecule has 1 heterocycles. The number of halogens is 3. The largest absolute Gasteiger partial charge is 0.452 e. The summed E-state index contributed by atoms with van der Waals surface area (Å²) in [7, 11) is 1.37. The molecule has 33 heavy (non-hydrogen) atoms. The fourth-order valence-corrected chi connectivity index (χ4v) is 3.18. The van der Waals surface area contributed by atoms with Crippen molar-refractivity contribution in [2.75, 3.05) is 25.5 Å². The molecule has 0 aliphatic carbocycles. The number of aromatic nitrogens is 2. The number of nitrogens with one attached hydrogen (secondary N) is 1. The molecule has 0 unspecified atom stereocenters. The highest BCUT2D eigenvalue weighted by molar-refractivity contribution is 6.33. The molecular formula is C22H19ClF2N4O4. The molecule has 0 aliphatic rings. The standard InChI is InChI=1S/C22H19ClF2N4O4/c1-13-20(21(23)29(27-13)17-9-5-15(25)6-10-17)22(32)33-12-19(31)28(2)11-18(30)26-16-7-3-14(24)4-8-16/h3-10H,11-12H2,1-2H3,(H,26,30). The van der Waals surface area contributed by atoms with Crippen LogP contribution in [-0.4, -0.2) is 52.7 Å². The third-order valence-corrected chi connectivity index (χ3v) is 4.89. The molecule has 0 fully saturated rings. The van der Waals surface area contributed by atoms with E-state index in [2.05, 4.69) is 10.4 Å². The molecule has 0 atom stereocenters. The van der Waals surface area contributed by atoms with E-state index >= 15 is 0 Å². The Balaban J connectivity index is 1.57. The molecule has 0 aliphatic heterocycles. The van der Waals surface area contributed by atoms with Crippen LogP contribution < -0.4 is 5.32 Å². The lowest BCUT2D eigenvalue weighted by Gasteiger charge is -2.16. The van der Waals surface area contributed by atoms with Gasteiger partial charge in [0.05, 0.1) is 17.9 Å². The van der Waals surface area contributed by atoms with Crippen LogP contribution in [0.2, 0.25) is 5.15 Å². The molecule has 2 amide bonds. The topological polar surface area (TPSA) is 93.5 Å². The molecule has 0 radical (unpaired) electrons. The average molecular weight is 477 g/mol. The molecule has 2 aromatic carbocycles. The smallest absolute Gasteiger partial charge is 0.343 e. The highest BCUT2D eigenvalue weighted by Crippen LogP contribution is 2.24. The fourth-order valence-electron chi connectivity index (χ4n) is 2.83. The highest BCUT2D eigenvalue weighted by Gasteiger charge is 2.24. The first-order chi connectivity index (χ1) is 15.7. The number of benzene rings is 2. The van der Waals surface area contributed by atoms with E-state index in [1.807, 2.05) is 0 Å². The lowest BCUT2D eigenvalue weighted by Crippen LogP contribution is -2.37. The van der Waals surface area contributed by atoms with Gasteiger partial charge in [0.15, 0.2) is 6.61 Å². The number of amides is 2. The van der Waals surface area contributed by atoms with Crippen LogP contribution in [0, 0.1) is 18.6 Å². The highest BCUT2D eigenvalue weighted by atomic mass is 35.5. The van der Waals surface area contributed by atoms with Gasteiger partial charge in [-0.3, -0.25) is 9.59 Å². The maximum atomic E-state index is 13.1. The molecule has 3 aromatic rings. The van der Waals surface area contributed by atoms with Crippen LogP contribution in [0.5, 0.6) is 0 Å². The van der Waals surface area contributed by atoms with Crippen LogP contribution in [-0.2, 0) is 14.3 Å². The number of carbonyl (C=O) groups excluding carboxylic acids is 3. The maximum Gasteiger partial charge on any atom is 0.343 e. The normalized spacial score (nSPS) is 10.6. The van der Waals surface area contributed by atoms with Crippen LogP contribution in [0.15, 0.2) is 48.5 Å². The average Bonchev–Trinajstić information content (AvgIpc) is 3.07. The summed E-state index contributed by atoms with van der Waals surface area (Å²) < 4.78 is 32.4. The van der Waals surface area contributed by atoms with E-state index in [1.165, 1.54) is 67.2 Å². The Morgan fingerprint density at radius 3 is 2.24 bits per heavy atom. The van der Waals surface area contributed by atoms with E-state index in [0.29, 0.717) is 11.4 Å². The van der Waals surface area contributed by atoms with Crippen LogP contribution in [0.4, 0.5) is 14.5 Å². The summed E-state index contributed by atoms with van der Waals surface area (Å²) in [4.78, 5) is 37.9. The number of likely N-dealkylation sites (N-methyl/N-ethyl adjacent to an activating group) is 1. The van der Waals surface area contributed by atoms with Crippen molar-refractivity contribution in [3.8, 4) is 5.69 Å². The Hall–Kier alpha value is -3.79. The first-order valence-corrected chi connectivity index (χ1v) is 10.0. The minimum atomic E-state index is -0.872. The Kier molecular flexibility index (Phi) is 7.39. The SMILES string of the molecule is Cc1nn(-c2ccc(F)cc2)c(Cl)c1C(=O)OCC(=O)N(C)CC(=O)Nc1ccc(F)cc1. The van der Waals surface area contributed by atoms with Gasteiger partial charge in [-0.1, -0.05) is 11.6 Å². The molecule has 1 N–H and O–H groups in total. The van der Waals surface area contributed by atoms with Crippen molar-refractivity contribution in [1.82, 2.24) is 14.7 Å². The second kappa shape index (κ2) is 10.2. The summed E-state index contributed by atoms with van der Waals surface area (Å²) in [5, 5.41) is 6.64.